The topological polar surface area (TPSA) is 41.1 Å². The standard InChI is InChI=1S/C10H11F3N2O/c1-14-9(16)6-15-8-4-2-7(3-5-8)10(11,12)13/h2-5,15H,6H2,1H3,(H,14,16). The molecule has 2 N–H and O–H groups in total. The molecule has 3 nitrogen and oxygen atoms in total. The monoisotopic (exact) mass is 232 g/mol. The lowest BCUT2D eigenvalue weighted by Crippen LogP contribution is -2.26. The molecular weight excluding hydrogens is 221 g/mol. The van der Waals surface area contributed by atoms with Crippen molar-refractivity contribution in [1.29, 1.82) is 0 Å². The summed E-state index contributed by atoms with van der Waals surface area (Å²) in [7, 11) is 1.48. The van der Waals surface area contributed by atoms with Gasteiger partial charge in [0.1, 0.15) is 0 Å². The molecule has 0 bridgehead atoms. The Hall–Kier alpha value is -1.72. The average molecular weight is 232 g/mol. The first kappa shape index (κ1) is 12.4. The zero-order chi connectivity index (χ0) is 12.2. The maximum Gasteiger partial charge on any atom is 0.416 e. The van der Waals surface area contributed by atoms with Gasteiger partial charge in [0.25, 0.3) is 0 Å². The number of hydrogen-bond donors (Lipinski definition) is 2. The Labute approximate surface area is 90.6 Å². The summed E-state index contributed by atoms with van der Waals surface area (Å²) in [4.78, 5) is 10.9. The summed E-state index contributed by atoms with van der Waals surface area (Å²) in [6.45, 7) is 0.0296. The smallest absolute Gasteiger partial charge is 0.376 e. The van der Waals surface area contributed by atoms with E-state index in [2.05, 4.69) is 10.6 Å². The van der Waals surface area contributed by atoms with Gasteiger partial charge in [0, 0.05) is 12.7 Å². The fraction of sp³-hybridized carbons (Fsp3) is 0.300. The number of nitrogens with one attached hydrogen (secondary N) is 2. The molecule has 0 heterocycles. The van der Waals surface area contributed by atoms with Gasteiger partial charge in [-0.25, -0.2) is 0 Å². The Morgan fingerprint density at radius 2 is 1.81 bits per heavy atom. The van der Waals surface area contributed by atoms with Crippen LogP contribution in [0, 0.1) is 0 Å². The summed E-state index contributed by atoms with van der Waals surface area (Å²) in [5, 5.41) is 5.08. The van der Waals surface area contributed by atoms with Crippen LogP contribution in [0.5, 0.6) is 0 Å². The van der Waals surface area contributed by atoms with Gasteiger partial charge >= 0.3 is 6.18 Å². The number of hydrogen-bond acceptors (Lipinski definition) is 2. The van der Waals surface area contributed by atoms with E-state index in [1.165, 1.54) is 19.2 Å². The van der Waals surface area contributed by atoms with E-state index in [4.69, 9.17) is 0 Å². The Bertz CT molecular complexity index is 359. The highest BCUT2D eigenvalue weighted by molar-refractivity contribution is 5.80. The van der Waals surface area contributed by atoms with Crippen LogP contribution in [0.1, 0.15) is 5.56 Å². The summed E-state index contributed by atoms with van der Waals surface area (Å²) in [6, 6.07) is 4.50. The van der Waals surface area contributed by atoms with E-state index in [9.17, 15) is 18.0 Å². The molecule has 0 atom stereocenters. The quantitative estimate of drug-likeness (QED) is 0.835. The van der Waals surface area contributed by atoms with Gasteiger partial charge in [0.2, 0.25) is 5.91 Å². The first-order valence-electron chi connectivity index (χ1n) is 4.55. The molecule has 0 aliphatic heterocycles. The normalized spacial score (nSPS) is 11.0. The number of carbonyl (C=O) groups is 1. The van der Waals surface area contributed by atoms with Crippen LogP contribution in [0.3, 0.4) is 0 Å². The molecular formula is C10H11F3N2O. The molecule has 6 heteroatoms. The zero-order valence-electron chi connectivity index (χ0n) is 8.56. The summed E-state index contributed by atoms with van der Waals surface area (Å²) in [5.41, 5.74) is -0.241. The minimum atomic E-state index is -4.33. The van der Waals surface area contributed by atoms with Gasteiger partial charge in [-0.1, -0.05) is 0 Å². The Balaban J connectivity index is 2.62. The molecule has 0 saturated carbocycles. The van der Waals surface area contributed by atoms with Gasteiger partial charge in [0.15, 0.2) is 0 Å². The highest BCUT2D eigenvalue weighted by atomic mass is 19.4. The van der Waals surface area contributed by atoms with Crippen molar-refractivity contribution in [3.63, 3.8) is 0 Å². The van der Waals surface area contributed by atoms with Crippen LogP contribution in [-0.2, 0) is 11.0 Å². The van der Waals surface area contributed by atoms with Gasteiger partial charge < -0.3 is 10.6 Å². The van der Waals surface area contributed by atoms with Crippen molar-refractivity contribution in [3.8, 4) is 0 Å². The number of likely N-dealkylation sites (N-methyl/N-ethyl adjacent to an activating group) is 1. The van der Waals surface area contributed by atoms with E-state index < -0.39 is 11.7 Å². The molecule has 1 aromatic carbocycles. The molecule has 1 amide bonds. The number of anilines is 1. The molecule has 0 aromatic heterocycles. The lowest BCUT2D eigenvalue weighted by atomic mass is 10.2. The van der Waals surface area contributed by atoms with Crippen molar-refractivity contribution in [2.24, 2.45) is 0 Å². The lowest BCUT2D eigenvalue weighted by molar-refractivity contribution is -0.137. The van der Waals surface area contributed by atoms with E-state index in [0.717, 1.165) is 12.1 Å². The van der Waals surface area contributed by atoms with Crippen LogP contribution >= 0.6 is 0 Å². The highest BCUT2D eigenvalue weighted by Gasteiger charge is 2.29. The third-order valence-corrected chi connectivity index (χ3v) is 1.94. The fourth-order valence-electron chi connectivity index (χ4n) is 1.05. The first-order valence-corrected chi connectivity index (χ1v) is 4.55. The maximum atomic E-state index is 12.2. The average Bonchev–Trinajstić information content (AvgIpc) is 2.25. The van der Waals surface area contributed by atoms with E-state index in [0.29, 0.717) is 5.69 Å². The largest absolute Gasteiger partial charge is 0.416 e. The minimum absolute atomic E-state index is 0.0296. The van der Waals surface area contributed by atoms with Crippen LogP contribution in [0.15, 0.2) is 24.3 Å². The Kier molecular flexibility index (Phi) is 3.76. The number of benzene rings is 1. The van der Waals surface area contributed by atoms with Crippen LogP contribution in [0.2, 0.25) is 0 Å². The predicted octanol–water partition coefficient (Wildman–Crippen LogP) is 1.86. The van der Waals surface area contributed by atoms with Crippen molar-refractivity contribution < 1.29 is 18.0 Å². The third-order valence-electron chi connectivity index (χ3n) is 1.94. The zero-order valence-corrected chi connectivity index (χ0v) is 8.56. The number of alkyl halides is 3. The molecule has 88 valence electrons. The molecule has 1 aromatic rings. The second kappa shape index (κ2) is 4.87. The van der Waals surface area contributed by atoms with E-state index in [1.54, 1.807) is 0 Å². The van der Waals surface area contributed by atoms with Crippen molar-refractivity contribution in [1.82, 2.24) is 5.32 Å². The first-order chi connectivity index (χ1) is 7.43. The summed E-state index contributed by atoms with van der Waals surface area (Å²) in [5.74, 6) is -0.236. The van der Waals surface area contributed by atoms with Gasteiger partial charge in [-0.15, -0.1) is 0 Å². The molecule has 0 radical (unpaired) electrons. The molecule has 0 aliphatic carbocycles. The Morgan fingerprint density at radius 3 is 2.25 bits per heavy atom. The van der Waals surface area contributed by atoms with Crippen LogP contribution in [-0.4, -0.2) is 19.5 Å². The van der Waals surface area contributed by atoms with Gasteiger partial charge in [-0.2, -0.15) is 13.2 Å². The van der Waals surface area contributed by atoms with Gasteiger partial charge in [-0.05, 0) is 24.3 Å². The molecule has 0 fully saturated rings. The van der Waals surface area contributed by atoms with Crippen LogP contribution in [0.4, 0.5) is 18.9 Å². The minimum Gasteiger partial charge on any atom is -0.376 e. The summed E-state index contributed by atoms with van der Waals surface area (Å²) < 4.78 is 36.6. The molecule has 0 spiro atoms. The molecule has 0 saturated heterocycles. The maximum absolute atomic E-state index is 12.2. The highest BCUT2D eigenvalue weighted by Crippen LogP contribution is 2.29. The molecule has 0 unspecified atom stereocenters. The number of amides is 1. The van der Waals surface area contributed by atoms with E-state index in [-0.39, 0.29) is 12.5 Å². The third kappa shape index (κ3) is 3.45. The van der Waals surface area contributed by atoms with E-state index >= 15 is 0 Å². The van der Waals surface area contributed by atoms with Crippen LogP contribution in [0.25, 0.3) is 0 Å². The van der Waals surface area contributed by atoms with Crippen molar-refractivity contribution in [3.05, 3.63) is 29.8 Å². The van der Waals surface area contributed by atoms with Gasteiger partial charge in [0.05, 0.1) is 12.1 Å². The number of carbonyl (C=O) groups excluding carboxylic acids is 1. The summed E-state index contributed by atoms with van der Waals surface area (Å²) in [6.07, 6.45) is -4.33. The van der Waals surface area contributed by atoms with E-state index in [1.807, 2.05) is 0 Å². The SMILES string of the molecule is CNC(=O)CNc1ccc(C(F)(F)F)cc1. The second-order valence-corrected chi connectivity index (χ2v) is 3.10. The van der Waals surface area contributed by atoms with Crippen molar-refractivity contribution >= 4 is 11.6 Å². The van der Waals surface area contributed by atoms with Gasteiger partial charge in [-0.3, -0.25) is 4.79 Å². The van der Waals surface area contributed by atoms with Crippen molar-refractivity contribution in [2.75, 3.05) is 18.9 Å². The molecule has 0 aliphatic rings. The number of halogens is 3. The summed E-state index contributed by atoms with van der Waals surface area (Å²) >= 11 is 0. The number of rotatable bonds is 3. The Morgan fingerprint density at radius 1 is 1.25 bits per heavy atom. The fourth-order valence-corrected chi connectivity index (χ4v) is 1.05. The lowest BCUT2D eigenvalue weighted by Gasteiger charge is -2.08. The molecule has 16 heavy (non-hydrogen) atoms. The predicted molar refractivity (Wildman–Crippen MR) is 54.0 cm³/mol. The van der Waals surface area contributed by atoms with Crippen LogP contribution < -0.4 is 10.6 Å². The molecule has 1 rings (SSSR count). The van der Waals surface area contributed by atoms with Crippen molar-refractivity contribution in [2.45, 2.75) is 6.18 Å². The second-order valence-electron chi connectivity index (χ2n) is 3.10.